The Morgan fingerprint density at radius 2 is 1.95 bits per heavy atom. The molecule has 2 aromatic rings. The molecule has 0 saturated carbocycles. The summed E-state index contributed by atoms with van der Waals surface area (Å²) >= 11 is 0. The Morgan fingerprint density at radius 1 is 1.29 bits per heavy atom. The van der Waals surface area contributed by atoms with Crippen LogP contribution in [0, 0.1) is 0 Å². The summed E-state index contributed by atoms with van der Waals surface area (Å²) in [5.41, 5.74) is 0.341. The highest BCUT2D eigenvalue weighted by molar-refractivity contribution is 5.94. The summed E-state index contributed by atoms with van der Waals surface area (Å²) in [6.07, 6.45) is 1.49. The molecule has 2 rings (SSSR count). The number of carbonyl (C=O) groups is 1. The lowest BCUT2D eigenvalue weighted by Crippen LogP contribution is -2.38. The Balaban J connectivity index is 1.98. The molecule has 5 heteroatoms. The van der Waals surface area contributed by atoms with Crippen molar-refractivity contribution in [1.29, 1.82) is 0 Å². The van der Waals surface area contributed by atoms with Crippen LogP contribution >= 0.6 is 0 Å². The van der Waals surface area contributed by atoms with Crippen molar-refractivity contribution in [3.63, 3.8) is 0 Å². The summed E-state index contributed by atoms with van der Waals surface area (Å²) in [5.74, 6) is 0.192. The predicted molar refractivity (Wildman–Crippen MR) is 81.4 cm³/mol. The third-order valence-corrected chi connectivity index (χ3v) is 3.29. The minimum absolute atomic E-state index is 0.0782. The molecule has 1 aromatic carbocycles. The van der Waals surface area contributed by atoms with E-state index in [1.54, 1.807) is 31.2 Å². The first-order valence-corrected chi connectivity index (χ1v) is 6.72. The van der Waals surface area contributed by atoms with E-state index in [0.717, 1.165) is 5.69 Å². The van der Waals surface area contributed by atoms with Crippen molar-refractivity contribution in [2.45, 2.75) is 12.5 Å². The van der Waals surface area contributed by atoms with Crippen LogP contribution in [0.5, 0.6) is 0 Å². The van der Waals surface area contributed by atoms with Gasteiger partial charge in [-0.1, -0.05) is 0 Å². The number of rotatable bonds is 5. The van der Waals surface area contributed by atoms with E-state index in [2.05, 4.69) is 5.32 Å². The van der Waals surface area contributed by atoms with Crippen LogP contribution in [0.25, 0.3) is 0 Å². The van der Waals surface area contributed by atoms with Gasteiger partial charge >= 0.3 is 0 Å². The highest BCUT2D eigenvalue weighted by atomic mass is 16.4. The molecule has 0 aliphatic heterocycles. The maximum atomic E-state index is 12.1. The number of hydrogen-bond donors (Lipinski definition) is 2. The summed E-state index contributed by atoms with van der Waals surface area (Å²) in [6, 6.07) is 10.6. The Morgan fingerprint density at radius 3 is 2.48 bits per heavy atom. The maximum Gasteiger partial charge on any atom is 0.251 e. The Labute approximate surface area is 124 Å². The maximum absolute atomic E-state index is 12.1. The van der Waals surface area contributed by atoms with Crippen LogP contribution < -0.4 is 10.2 Å². The molecule has 21 heavy (non-hydrogen) atoms. The summed E-state index contributed by atoms with van der Waals surface area (Å²) in [5, 5.41) is 13.0. The van der Waals surface area contributed by atoms with Gasteiger partial charge in [-0.3, -0.25) is 4.79 Å². The first-order chi connectivity index (χ1) is 9.90. The normalized spacial score (nSPS) is 13.5. The van der Waals surface area contributed by atoms with Crippen molar-refractivity contribution in [1.82, 2.24) is 5.32 Å². The van der Waals surface area contributed by atoms with E-state index < -0.39 is 5.60 Å². The van der Waals surface area contributed by atoms with Crippen molar-refractivity contribution in [3.05, 3.63) is 54.0 Å². The van der Waals surface area contributed by atoms with Crippen molar-refractivity contribution in [3.8, 4) is 0 Å². The van der Waals surface area contributed by atoms with Crippen molar-refractivity contribution >= 4 is 11.6 Å². The second-order valence-electron chi connectivity index (χ2n) is 5.38. The number of nitrogens with one attached hydrogen (secondary N) is 1. The summed E-state index contributed by atoms with van der Waals surface area (Å²) in [6.45, 7) is 1.68. The molecule has 1 heterocycles. The second-order valence-corrected chi connectivity index (χ2v) is 5.38. The average molecular weight is 288 g/mol. The lowest BCUT2D eigenvalue weighted by Gasteiger charge is -2.21. The van der Waals surface area contributed by atoms with E-state index in [4.69, 9.17) is 4.42 Å². The number of benzene rings is 1. The number of furan rings is 1. The molecule has 0 bridgehead atoms. The van der Waals surface area contributed by atoms with Gasteiger partial charge in [-0.2, -0.15) is 0 Å². The van der Waals surface area contributed by atoms with Gasteiger partial charge in [0.05, 0.1) is 12.8 Å². The zero-order valence-electron chi connectivity index (χ0n) is 12.5. The van der Waals surface area contributed by atoms with Crippen LogP contribution in [0.15, 0.2) is 47.1 Å². The first kappa shape index (κ1) is 15.1. The van der Waals surface area contributed by atoms with E-state index in [9.17, 15) is 9.90 Å². The summed E-state index contributed by atoms with van der Waals surface area (Å²) in [7, 11) is 3.88. The highest BCUT2D eigenvalue weighted by Gasteiger charge is 2.26. The average Bonchev–Trinajstić information content (AvgIpc) is 3.00. The van der Waals surface area contributed by atoms with Crippen LogP contribution in [0.4, 0.5) is 5.69 Å². The van der Waals surface area contributed by atoms with Gasteiger partial charge in [0.15, 0.2) is 0 Å². The third-order valence-electron chi connectivity index (χ3n) is 3.29. The Bertz CT molecular complexity index is 586. The van der Waals surface area contributed by atoms with Gasteiger partial charge in [0.25, 0.3) is 5.91 Å². The van der Waals surface area contributed by atoms with Gasteiger partial charge in [0, 0.05) is 25.3 Å². The van der Waals surface area contributed by atoms with Gasteiger partial charge in [-0.15, -0.1) is 0 Å². The minimum atomic E-state index is -1.23. The van der Waals surface area contributed by atoms with E-state index >= 15 is 0 Å². The molecule has 0 fully saturated rings. The van der Waals surface area contributed by atoms with Gasteiger partial charge in [-0.25, -0.2) is 0 Å². The van der Waals surface area contributed by atoms with Crippen molar-refractivity contribution in [2.75, 3.05) is 25.5 Å². The largest absolute Gasteiger partial charge is 0.466 e. The van der Waals surface area contributed by atoms with E-state index in [1.165, 1.54) is 6.26 Å². The molecule has 5 nitrogen and oxygen atoms in total. The van der Waals surface area contributed by atoms with E-state index in [1.807, 2.05) is 31.1 Å². The molecule has 1 amide bonds. The van der Waals surface area contributed by atoms with E-state index in [-0.39, 0.29) is 12.5 Å². The Hall–Kier alpha value is -2.27. The fourth-order valence-electron chi connectivity index (χ4n) is 1.94. The van der Waals surface area contributed by atoms with Crippen LogP contribution in [-0.4, -0.2) is 31.7 Å². The highest BCUT2D eigenvalue weighted by Crippen LogP contribution is 2.20. The van der Waals surface area contributed by atoms with E-state index in [0.29, 0.717) is 11.3 Å². The zero-order valence-corrected chi connectivity index (χ0v) is 12.5. The fourth-order valence-corrected chi connectivity index (χ4v) is 1.94. The lowest BCUT2D eigenvalue weighted by atomic mass is 10.0. The predicted octanol–water partition coefficient (Wildman–Crippen LogP) is 1.98. The molecule has 112 valence electrons. The molecule has 0 aliphatic carbocycles. The number of nitrogens with zero attached hydrogens (tertiary/aromatic N) is 1. The molecular weight excluding hydrogens is 268 g/mol. The first-order valence-electron chi connectivity index (χ1n) is 6.72. The van der Waals surface area contributed by atoms with Crippen LogP contribution in [0.3, 0.4) is 0 Å². The standard InChI is InChI=1S/C16H20N2O3/c1-16(20,14-5-4-10-21-14)11-17-15(19)12-6-8-13(9-7-12)18(2)3/h4-10,20H,11H2,1-3H3,(H,17,19). The van der Waals surface area contributed by atoms with Gasteiger partial charge in [0.1, 0.15) is 11.4 Å². The minimum Gasteiger partial charge on any atom is -0.466 e. The molecule has 1 atom stereocenters. The SMILES string of the molecule is CN(C)c1ccc(C(=O)NCC(C)(O)c2ccco2)cc1. The number of carbonyl (C=O) groups excluding carboxylic acids is 1. The fraction of sp³-hybridized carbons (Fsp3) is 0.312. The topological polar surface area (TPSA) is 65.7 Å². The summed E-state index contributed by atoms with van der Waals surface area (Å²) in [4.78, 5) is 14.0. The van der Waals surface area contributed by atoms with Gasteiger partial charge in [-0.05, 0) is 43.3 Å². The molecule has 0 radical (unpaired) electrons. The smallest absolute Gasteiger partial charge is 0.251 e. The molecule has 0 saturated heterocycles. The molecule has 2 N–H and O–H groups in total. The number of aliphatic hydroxyl groups is 1. The van der Waals surface area contributed by atoms with Crippen molar-refractivity contribution in [2.24, 2.45) is 0 Å². The third kappa shape index (κ3) is 3.64. The van der Waals surface area contributed by atoms with Crippen LogP contribution in [-0.2, 0) is 5.60 Å². The summed E-state index contributed by atoms with van der Waals surface area (Å²) < 4.78 is 5.17. The number of anilines is 1. The van der Waals surface area contributed by atoms with Crippen LogP contribution in [0.1, 0.15) is 23.0 Å². The molecular formula is C16H20N2O3. The number of amides is 1. The Kier molecular flexibility index (Phi) is 4.33. The molecule has 1 unspecified atom stereocenters. The van der Waals surface area contributed by atoms with Crippen molar-refractivity contribution < 1.29 is 14.3 Å². The quantitative estimate of drug-likeness (QED) is 0.883. The lowest BCUT2D eigenvalue weighted by molar-refractivity contribution is 0.0330. The zero-order chi connectivity index (χ0) is 15.5. The second kappa shape index (κ2) is 6.01. The molecule has 0 spiro atoms. The monoisotopic (exact) mass is 288 g/mol. The molecule has 0 aliphatic rings. The van der Waals surface area contributed by atoms with Gasteiger partial charge in [0.2, 0.25) is 0 Å². The van der Waals surface area contributed by atoms with Gasteiger partial charge < -0.3 is 19.7 Å². The van der Waals surface area contributed by atoms with Crippen LogP contribution in [0.2, 0.25) is 0 Å². The molecule has 1 aromatic heterocycles. The number of hydrogen-bond acceptors (Lipinski definition) is 4.